The van der Waals surface area contributed by atoms with Crippen LogP contribution in [0.2, 0.25) is 0 Å². The van der Waals surface area contributed by atoms with Gasteiger partial charge in [-0.2, -0.15) is 0 Å². The summed E-state index contributed by atoms with van der Waals surface area (Å²) >= 11 is 1.60. The Morgan fingerprint density at radius 3 is 2.71 bits per heavy atom. The summed E-state index contributed by atoms with van der Waals surface area (Å²) in [6.45, 7) is 0.723. The van der Waals surface area contributed by atoms with E-state index in [0.29, 0.717) is 0 Å². The van der Waals surface area contributed by atoms with Gasteiger partial charge in [0.15, 0.2) is 0 Å². The van der Waals surface area contributed by atoms with E-state index in [9.17, 15) is 9.18 Å². The van der Waals surface area contributed by atoms with E-state index in [-0.39, 0.29) is 17.0 Å². The highest BCUT2D eigenvalue weighted by Crippen LogP contribution is 2.30. The minimum Gasteiger partial charge on any atom is -0.354 e. The zero-order chi connectivity index (χ0) is 9.97. The van der Waals surface area contributed by atoms with E-state index >= 15 is 0 Å². The molecule has 0 bridgehead atoms. The van der Waals surface area contributed by atoms with Gasteiger partial charge in [-0.3, -0.25) is 4.79 Å². The molecule has 1 aliphatic rings. The van der Waals surface area contributed by atoms with Gasteiger partial charge in [0, 0.05) is 12.3 Å². The molecule has 2 rings (SSSR count). The summed E-state index contributed by atoms with van der Waals surface area (Å²) in [5.41, 5.74) is 0.869. The lowest BCUT2D eigenvalue weighted by atomic mass is 10.1. The number of thioether (sulfide) groups is 1. The minimum absolute atomic E-state index is 0.0212. The standard InChI is InChI=1S/C10H10FNOS/c11-8-3-1-7(2-4-8)9-10(13)12-5-6-14-9/h1-4,9H,5-6H2,(H,12,13)/t9-/m1/s1. The quantitative estimate of drug-likeness (QED) is 0.766. The van der Waals surface area contributed by atoms with Crippen molar-refractivity contribution in [1.29, 1.82) is 0 Å². The van der Waals surface area contributed by atoms with Crippen LogP contribution in [-0.2, 0) is 4.79 Å². The lowest BCUT2D eigenvalue weighted by molar-refractivity contribution is -0.120. The number of halogens is 1. The zero-order valence-electron chi connectivity index (χ0n) is 7.50. The van der Waals surface area contributed by atoms with E-state index in [1.54, 1.807) is 23.9 Å². The third-order valence-electron chi connectivity index (χ3n) is 2.10. The molecule has 14 heavy (non-hydrogen) atoms. The van der Waals surface area contributed by atoms with E-state index in [4.69, 9.17) is 0 Å². The van der Waals surface area contributed by atoms with Gasteiger partial charge < -0.3 is 5.32 Å². The Kier molecular flexibility index (Phi) is 2.72. The van der Waals surface area contributed by atoms with Crippen molar-refractivity contribution >= 4 is 17.7 Å². The van der Waals surface area contributed by atoms with Gasteiger partial charge in [-0.25, -0.2) is 4.39 Å². The number of carbonyl (C=O) groups is 1. The fourth-order valence-corrected chi connectivity index (χ4v) is 2.44. The van der Waals surface area contributed by atoms with Gasteiger partial charge in [0.05, 0.1) is 0 Å². The van der Waals surface area contributed by atoms with E-state index in [2.05, 4.69) is 5.32 Å². The second-order valence-corrected chi connectivity index (χ2v) is 4.31. The number of nitrogens with one attached hydrogen (secondary N) is 1. The Morgan fingerprint density at radius 1 is 1.36 bits per heavy atom. The maximum Gasteiger partial charge on any atom is 0.237 e. The zero-order valence-corrected chi connectivity index (χ0v) is 8.31. The fraction of sp³-hybridized carbons (Fsp3) is 0.300. The van der Waals surface area contributed by atoms with Crippen LogP contribution in [0.1, 0.15) is 10.8 Å². The van der Waals surface area contributed by atoms with Crippen molar-refractivity contribution in [2.24, 2.45) is 0 Å². The van der Waals surface area contributed by atoms with Crippen LogP contribution in [0.15, 0.2) is 24.3 Å². The molecule has 1 aromatic carbocycles. The normalized spacial score (nSPS) is 21.8. The molecule has 0 unspecified atom stereocenters. The Morgan fingerprint density at radius 2 is 2.07 bits per heavy atom. The maximum atomic E-state index is 12.6. The molecule has 1 amide bonds. The minimum atomic E-state index is -0.269. The van der Waals surface area contributed by atoms with Crippen molar-refractivity contribution in [2.75, 3.05) is 12.3 Å². The number of hydrogen-bond donors (Lipinski definition) is 1. The van der Waals surface area contributed by atoms with E-state index in [0.717, 1.165) is 17.9 Å². The summed E-state index contributed by atoms with van der Waals surface area (Å²) in [5, 5.41) is 2.62. The van der Waals surface area contributed by atoms with Gasteiger partial charge in [-0.05, 0) is 17.7 Å². The summed E-state index contributed by atoms with van der Waals surface area (Å²) in [4.78, 5) is 11.5. The smallest absolute Gasteiger partial charge is 0.237 e. The average molecular weight is 211 g/mol. The van der Waals surface area contributed by atoms with Gasteiger partial charge in [0.1, 0.15) is 11.1 Å². The molecule has 4 heteroatoms. The monoisotopic (exact) mass is 211 g/mol. The summed E-state index contributed by atoms with van der Waals surface area (Å²) < 4.78 is 12.6. The molecule has 1 atom stereocenters. The summed E-state index contributed by atoms with van der Waals surface area (Å²) in [7, 11) is 0. The van der Waals surface area contributed by atoms with Crippen molar-refractivity contribution < 1.29 is 9.18 Å². The summed E-state index contributed by atoms with van der Waals surface area (Å²) in [6.07, 6.45) is 0. The van der Waals surface area contributed by atoms with Crippen LogP contribution in [0, 0.1) is 5.82 Å². The van der Waals surface area contributed by atoms with Crippen LogP contribution < -0.4 is 5.32 Å². The highest BCUT2D eigenvalue weighted by Gasteiger charge is 2.23. The van der Waals surface area contributed by atoms with Gasteiger partial charge in [-0.15, -0.1) is 11.8 Å². The molecule has 1 heterocycles. The Labute approximate surface area is 85.9 Å². The molecule has 0 aliphatic carbocycles. The van der Waals surface area contributed by atoms with Gasteiger partial charge in [-0.1, -0.05) is 12.1 Å². The molecule has 0 aromatic heterocycles. The molecule has 1 fully saturated rings. The van der Waals surface area contributed by atoms with Crippen LogP contribution in [0.3, 0.4) is 0 Å². The molecule has 1 aliphatic heterocycles. The van der Waals surface area contributed by atoms with Crippen molar-refractivity contribution in [3.05, 3.63) is 35.6 Å². The van der Waals surface area contributed by atoms with E-state index < -0.39 is 0 Å². The number of hydrogen-bond acceptors (Lipinski definition) is 2. The Bertz CT molecular complexity index is 338. The lowest BCUT2D eigenvalue weighted by Crippen LogP contribution is -2.34. The summed E-state index contributed by atoms with van der Waals surface area (Å²) in [5.74, 6) is 0.663. The maximum absolute atomic E-state index is 12.6. The van der Waals surface area contributed by atoms with Crippen LogP contribution in [0.4, 0.5) is 4.39 Å². The predicted molar refractivity (Wildman–Crippen MR) is 54.6 cm³/mol. The number of rotatable bonds is 1. The highest BCUT2D eigenvalue weighted by molar-refractivity contribution is 8.00. The number of benzene rings is 1. The third kappa shape index (κ3) is 1.90. The second kappa shape index (κ2) is 4.00. The van der Waals surface area contributed by atoms with Crippen molar-refractivity contribution in [3.8, 4) is 0 Å². The average Bonchev–Trinajstić information content (AvgIpc) is 2.20. The van der Waals surface area contributed by atoms with Crippen molar-refractivity contribution in [3.63, 3.8) is 0 Å². The molecule has 0 radical (unpaired) electrons. The largest absolute Gasteiger partial charge is 0.354 e. The SMILES string of the molecule is O=C1NCCS[C@@H]1c1ccc(F)cc1. The molecule has 1 aromatic rings. The molecule has 74 valence electrons. The third-order valence-corrected chi connectivity index (χ3v) is 3.36. The molecule has 0 spiro atoms. The predicted octanol–water partition coefficient (Wildman–Crippen LogP) is 1.73. The molecular weight excluding hydrogens is 201 g/mol. The first-order valence-electron chi connectivity index (χ1n) is 4.42. The molecule has 1 N–H and O–H groups in total. The lowest BCUT2D eigenvalue weighted by Gasteiger charge is -2.21. The van der Waals surface area contributed by atoms with Crippen molar-refractivity contribution in [2.45, 2.75) is 5.25 Å². The van der Waals surface area contributed by atoms with Crippen molar-refractivity contribution in [1.82, 2.24) is 5.32 Å². The molecular formula is C10H10FNOS. The van der Waals surface area contributed by atoms with Crippen LogP contribution in [0.5, 0.6) is 0 Å². The molecule has 1 saturated heterocycles. The van der Waals surface area contributed by atoms with Crippen LogP contribution in [0.25, 0.3) is 0 Å². The first kappa shape index (κ1) is 9.52. The Hall–Kier alpha value is -1.03. The first-order valence-corrected chi connectivity index (χ1v) is 5.47. The van der Waals surface area contributed by atoms with Crippen LogP contribution >= 0.6 is 11.8 Å². The van der Waals surface area contributed by atoms with E-state index in [1.165, 1.54) is 12.1 Å². The fourth-order valence-electron chi connectivity index (χ4n) is 1.40. The molecule has 2 nitrogen and oxygen atoms in total. The highest BCUT2D eigenvalue weighted by atomic mass is 32.2. The second-order valence-electron chi connectivity index (χ2n) is 3.09. The van der Waals surface area contributed by atoms with Gasteiger partial charge in [0.25, 0.3) is 0 Å². The summed E-state index contributed by atoms with van der Waals surface area (Å²) in [6, 6.07) is 6.10. The number of carbonyl (C=O) groups excluding carboxylic acids is 1. The topological polar surface area (TPSA) is 29.1 Å². The van der Waals surface area contributed by atoms with Gasteiger partial charge >= 0.3 is 0 Å². The Balaban J connectivity index is 2.20. The van der Waals surface area contributed by atoms with Gasteiger partial charge in [0.2, 0.25) is 5.91 Å². The van der Waals surface area contributed by atoms with Crippen LogP contribution in [-0.4, -0.2) is 18.2 Å². The van der Waals surface area contributed by atoms with E-state index in [1.807, 2.05) is 0 Å². The first-order chi connectivity index (χ1) is 6.77. The number of amides is 1. The molecule has 0 saturated carbocycles.